The minimum absolute atomic E-state index is 0.0103. The first-order chi connectivity index (χ1) is 17.3. The highest BCUT2D eigenvalue weighted by atomic mass is 19.4. The van der Waals surface area contributed by atoms with Gasteiger partial charge in [0.15, 0.2) is 0 Å². The molecule has 9 nitrogen and oxygen atoms in total. The number of ether oxygens (including phenoxy) is 1. The molecule has 1 aromatic heterocycles. The van der Waals surface area contributed by atoms with Crippen molar-refractivity contribution in [3.05, 3.63) is 71.0 Å². The maximum absolute atomic E-state index is 13.9. The molecule has 188 valence electrons. The number of nitrogens with zero attached hydrogens (tertiary/aromatic N) is 6. The molecule has 2 aliphatic heterocycles. The van der Waals surface area contributed by atoms with Crippen LogP contribution < -0.4 is 0 Å². The van der Waals surface area contributed by atoms with Crippen molar-refractivity contribution in [3.63, 3.8) is 0 Å². The van der Waals surface area contributed by atoms with Crippen LogP contribution in [-0.2, 0) is 29.0 Å². The van der Waals surface area contributed by atoms with Crippen LogP contribution in [0, 0.1) is 0 Å². The Morgan fingerprint density at radius 1 is 1.08 bits per heavy atom. The number of cyclic esters (lactones) is 1. The Labute approximate surface area is 204 Å². The van der Waals surface area contributed by atoms with Crippen LogP contribution in [0.25, 0.3) is 5.69 Å². The van der Waals surface area contributed by atoms with E-state index in [0.717, 1.165) is 11.1 Å². The lowest BCUT2D eigenvalue weighted by Gasteiger charge is -2.42. The van der Waals surface area contributed by atoms with Crippen molar-refractivity contribution in [2.24, 2.45) is 0 Å². The maximum Gasteiger partial charge on any atom is 0.405 e. The third-order valence-corrected chi connectivity index (χ3v) is 6.56. The number of esters is 1. The fourth-order valence-corrected chi connectivity index (χ4v) is 4.57. The minimum Gasteiger partial charge on any atom is -0.457 e. The number of fused-ring (bicyclic) bond motifs is 1. The Bertz CT molecular complexity index is 1250. The Morgan fingerprint density at radius 3 is 2.58 bits per heavy atom. The van der Waals surface area contributed by atoms with Crippen molar-refractivity contribution < 1.29 is 27.5 Å². The van der Waals surface area contributed by atoms with Crippen molar-refractivity contribution in [3.8, 4) is 5.69 Å². The monoisotopic (exact) mass is 500 g/mol. The van der Waals surface area contributed by atoms with Gasteiger partial charge in [0.05, 0.1) is 17.7 Å². The number of rotatable bonds is 6. The fraction of sp³-hybridized carbons (Fsp3) is 0.375. The normalized spacial score (nSPS) is 18.2. The number of hydrogen-bond donors (Lipinski definition) is 0. The van der Waals surface area contributed by atoms with E-state index >= 15 is 0 Å². The van der Waals surface area contributed by atoms with E-state index in [1.165, 1.54) is 20.8 Å². The Balaban J connectivity index is 1.20. The number of hydrogen-bond acceptors (Lipinski definition) is 7. The number of aromatic nitrogens is 4. The first kappa shape index (κ1) is 23.9. The molecule has 0 aliphatic carbocycles. The second kappa shape index (κ2) is 9.69. The summed E-state index contributed by atoms with van der Waals surface area (Å²) in [6.07, 6.45) is -2.62. The molecule has 1 atom stereocenters. The van der Waals surface area contributed by atoms with Gasteiger partial charge in [-0.2, -0.15) is 13.2 Å². The van der Waals surface area contributed by atoms with E-state index < -0.39 is 18.8 Å². The highest BCUT2D eigenvalue weighted by Crippen LogP contribution is 2.29. The zero-order chi connectivity index (χ0) is 25.3. The number of piperazine rings is 1. The Morgan fingerprint density at radius 2 is 1.86 bits per heavy atom. The predicted molar refractivity (Wildman–Crippen MR) is 120 cm³/mol. The lowest BCUT2D eigenvalue weighted by molar-refractivity contribution is -0.197. The topological polar surface area (TPSA) is 93.5 Å². The summed E-state index contributed by atoms with van der Waals surface area (Å²) >= 11 is 0. The van der Waals surface area contributed by atoms with Gasteiger partial charge in [0, 0.05) is 31.7 Å². The summed E-state index contributed by atoms with van der Waals surface area (Å²) in [6, 6.07) is 10.5. The maximum atomic E-state index is 13.9. The minimum atomic E-state index is -4.47. The van der Waals surface area contributed by atoms with Gasteiger partial charge in [-0.15, -0.1) is 5.10 Å². The number of alkyl halides is 3. The molecule has 1 amide bonds. The van der Waals surface area contributed by atoms with Crippen LogP contribution in [0.2, 0.25) is 0 Å². The molecule has 3 aromatic rings. The number of carbonyl (C=O) groups is 2. The molecule has 1 fully saturated rings. The van der Waals surface area contributed by atoms with Crippen molar-refractivity contribution in [1.82, 2.24) is 30.0 Å². The van der Waals surface area contributed by atoms with Crippen molar-refractivity contribution in [2.45, 2.75) is 31.7 Å². The van der Waals surface area contributed by atoms with Gasteiger partial charge in [-0.25, -0.2) is 9.48 Å². The zero-order valence-corrected chi connectivity index (χ0v) is 19.2. The van der Waals surface area contributed by atoms with Crippen LogP contribution in [0.1, 0.15) is 27.0 Å². The van der Waals surface area contributed by atoms with E-state index in [1.54, 1.807) is 36.4 Å². The van der Waals surface area contributed by atoms with Gasteiger partial charge in [-0.05, 0) is 46.2 Å². The molecule has 5 rings (SSSR count). The summed E-state index contributed by atoms with van der Waals surface area (Å²) in [5.41, 5.74) is 3.51. The molecule has 0 spiro atoms. The summed E-state index contributed by atoms with van der Waals surface area (Å²) in [6.45, 7) is 0.325. The van der Waals surface area contributed by atoms with Crippen LogP contribution in [0.3, 0.4) is 0 Å². The predicted octanol–water partition coefficient (Wildman–Crippen LogP) is 2.19. The molecule has 0 saturated carbocycles. The van der Waals surface area contributed by atoms with E-state index in [-0.39, 0.29) is 44.5 Å². The second-order valence-electron chi connectivity index (χ2n) is 8.85. The average Bonchev–Trinajstić information content (AvgIpc) is 3.53. The van der Waals surface area contributed by atoms with Crippen LogP contribution in [-0.4, -0.2) is 80.3 Å². The van der Waals surface area contributed by atoms with Gasteiger partial charge in [0.2, 0.25) is 5.91 Å². The highest BCUT2D eigenvalue weighted by Gasteiger charge is 2.47. The van der Waals surface area contributed by atoms with Crippen LogP contribution in [0.15, 0.2) is 48.8 Å². The van der Waals surface area contributed by atoms with Crippen molar-refractivity contribution in [2.75, 3.05) is 26.2 Å². The van der Waals surface area contributed by atoms with Gasteiger partial charge in [-0.3, -0.25) is 9.69 Å². The van der Waals surface area contributed by atoms with E-state index in [1.807, 2.05) is 6.07 Å². The quantitative estimate of drug-likeness (QED) is 0.479. The SMILES string of the molecule is O=C1OCc2cc(CCN3CCN(C(=O)Cc4ccc(-n5cnnn5)cc4)CC3C(F)(F)F)ccc21. The molecule has 12 heteroatoms. The Kier molecular flexibility index (Phi) is 6.44. The molecule has 2 aliphatic rings. The number of amides is 1. The molecule has 1 unspecified atom stereocenters. The van der Waals surface area contributed by atoms with E-state index in [4.69, 9.17) is 4.74 Å². The zero-order valence-electron chi connectivity index (χ0n) is 19.2. The molecule has 0 radical (unpaired) electrons. The first-order valence-corrected chi connectivity index (χ1v) is 11.5. The molecule has 0 N–H and O–H groups in total. The lowest BCUT2D eigenvalue weighted by atomic mass is 10.0. The number of benzene rings is 2. The van der Waals surface area contributed by atoms with Crippen molar-refractivity contribution in [1.29, 1.82) is 0 Å². The smallest absolute Gasteiger partial charge is 0.405 e. The second-order valence-corrected chi connectivity index (χ2v) is 8.85. The third-order valence-electron chi connectivity index (χ3n) is 6.56. The summed E-state index contributed by atoms with van der Waals surface area (Å²) < 4.78 is 48.2. The largest absolute Gasteiger partial charge is 0.457 e. The van der Waals surface area contributed by atoms with Crippen LogP contribution in [0.5, 0.6) is 0 Å². The molecule has 3 heterocycles. The molecule has 1 saturated heterocycles. The van der Waals surface area contributed by atoms with Gasteiger partial charge in [0.1, 0.15) is 19.0 Å². The molecular weight excluding hydrogens is 477 g/mol. The van der Waals surface area contributed by atoms with E-state index in [2.05, 4.69) is 15.5 Å². The van der Waals surface area contributed by atoms with Gasteiger partial charge < -0.3 is 9.64 Å². The summed E-state index contributed by atoms with van der Waals surface area (Å²) in [7, 11) is 0. The Hall–Kier alpha value is -3.80. The molecule has 2 aromatic carbocycles. The average molecular weight is 500 g/mol. The molecule has 0 bridgehead atoms. The van der Waals surface area contributed by atoms with Crippen molar-refractivity contribution >= 4 is 11.9 Å². The lowest BCUT2D eigenvalue weighted by Crippen LogP contribution is -2.60. The molecule has 36 heavy (non-hydrogen) atoms. The summed E-state index contributed by atoms with van der Waals surface area (Å²) in [5.74, 6) is -0.722. The highest BCUT2D eigenvalue weighted by molar-refractivity contribution is 5.93. The van der Waals surface area contributed by atoms with E-state index in [9.17, 15) is 22.8 Å². The summed E-state index contributed by atoms with van der Waals surface area (Å²) in [5, 5.41) is 10.9. The molecular formula is C24H23F3N6O3. The first-order valence-electron chi connectivity index (χ1n) is 11.5. The van der Waals surface area contributed by atoms with Gasteiger partial charge >= 0.3 is 12.1 Å². The van der Waals surface area contributed by atoms with Crippen LogP contribution in [0.4, 0.5) is 13.2 Å². The number of carbonyl (C=O) groups excluding carboxylic acids is 2. The third kappa shape index (κ3) is 5.08. The van der Waals surface area contributed by atoms with Gasteiger partial charge in [-0.1, -0.05) is 24.3 Å². The van der Waals surface area contributed by atoms with E-state index in [0.29, 0.717) is 23.2 Å². The standard InChI is InChI=1S/C24H23F3N6O3/c25-24(26,27)21-13-32(22(34)12-16-1-4-19(5-2-16)33-15-28-29-30-33)10-9-31(21)8-7-17-3-6-20-18(11-17)14-36-23(20)35/h1-6,11,15,21H,7-10,12-14H2. The van der Waals surface area contributed by atoms with Gasteiger partial charge in [0.25, 0.3) is 0 Å². The number of tetrazole rings is 1. The summed E-state index contributed by atoms with van der Waals surface area (Å²) in [4.78, 5) is 27.1. The fourth-order valence-electron chi connectivity index (χ4n) is 4.57. The van der Waals surface area contributed by atoms with Crippen LogP contribution >= 0.6 is 0 Å². The number of halogens is 3.